The number of amides is 1. The van der Waals surface area contributed by atoms with E-state index >= 15 is 0 Å². The summed E-state index contributed by atoms with van der Waals surface area (Å²) >= 11 is 0. The van der Waals surface area contributed by atoms with Gasteiger partial charge in [-0.3, -0.25) is 13.8 Å². The Labute approximate surface area is 177 Å². The van der Waals surface area contributed by atoms with Crippen LogP contribution >= 0.6 is 7.82 Å². The minimum Gasteiger partial charge on any atom is -0.340 e. The number of quaternary nitrogens is 1. The van der Waals surface area contributed by atoms with Gasteiger partial charge < -0.3 is 14.3 Å². The van der Waals surface area contributed by atoms with Gasteiger partial charge in [0.15, 0.2) is 0 Å². The molecule has 1 saturated heterocycles. The zero-order chi connectivity index (χ0) is 21.8. The summed E-state index contributed by atoms with van der Waals surface area (Å²) in [6.07, 6.45) is 13.1. The van der Waals surface area contributed by atoms with Crippen molar-refractivity contribution in [2.75, 3.05) is 47.4 Å². The van der Waals surface area contributed by atoms with Gasteiger partial charge in [0.1, 0.15) is 13.2 Å². The Morgan fingerprint density at radius 1 is 1.17 bits per heavy atom. The van der Waals surface area contributed by atoms with Crippen molar-refractivity contribution < 1.29 is 27.8 Å². The molecule has 0 radical (unpaired) electrons. The quantitative estimate of drug-likeness (QED) is 0.182. The average molecular weight is 434 g/mol. The van der Waals surface area contributed by atoms with E-state index in [-0.39, 0.29) is 12.5 Å². The summed E-state index contributed by atoms with van der Waals surface area (Å²) in [5, 5.41) is 0. The maximum absolute atomic E-state index is 12.3. The molecule has 7 nitrogen and oxygen atoms in total. The lowest BCUT2D eigenvalue weighted by molar-refractivity contribution is -0.870. The summed E-state index contributed by atoms with van der Waals surface area (Å²) in [6, 6.07) is 0. The van der Waals surface area contributed by atoms with Gasteiger partial charge in [-0.05, 0) is 19.3 Å². The third-order valence-electron chi connectivity index (χ3n) is 4.98. The maximum atomic E-state index is 12.3. The van der Waals surface area contributed by atoms with Crippen LogP contribution < -0.4 is 0 Å². The third-order valence-corrected chi connectivity index (χ3v) is 6.05. The molecule has 8 heteroatoms. The second kappa shape index (κ2) is 13.6. The van der Waals surface area contributed by atoms with E-state index in [2.05, 4.69) is 13.0 Å². The number of carbonyl (C=O) groups excluding carboxylic acids is 1. The topological polar surface area (TPSA) is 76.1 Å². The number of phosphoric ester groups is 1. The zero-order valence-electron chi connectivity index (χ0n) is 18.8. The molecule has 0 aromatic carbocycles. The molecule has 0 aromatic rings. The molecule has 170 valence electrons. The minimum absolute atomic E-state index is 0.0361. The maximum Gasteiger partial charge on any atom is 0.472 e. The molecule has 0 aliphatic carbocycles. The Morgan fingerprint density at radius 2 is 1.86 bits per heavy atom. The van der Waals surface area contributed by atoms with Crippen LogP contribution in [0.4, 0.5) is 0 Å². The van der Waals surface area contributed by atoms with Gasteiger partial charge in [-0.1, -0.05) is 51.2 Å². The van der Waals surface area contributed by atoms with Crippen LogP contribution in [-0.2, 0) is 18.4 Å². The molecule has 1 amide bonds. The van der Waals surface area contributed by atoms with Crippen molar-refractivity contribution in [2.24, 2.45) is 0 Å². The predicted molar refractivity (Wildman–Crippen MR) is 116 cm³/mol. The summed E-state index contributed by atoms with van der Waals surface area (Å²) < 4.78 is 23.0. The van der Waals surface area contributed by atoms with E-state index in [9.17, 15) is 14.3 Å². The summed E-state index contributed by atoms with van der Waals surface area (Å²) in [7, 11) is 1.85. The van der Waals surface area contributed by atoms with Crippen molar-refractivity contribution in [3.63, 3.8) is 0 Å². The van der Waals surface area contributed by atoms with Gasteiger partial charge in [-0.15, -0.1) is 0 Å². The van der Waals surface area contributed by atoms with Crippen LogP contribution in [0.3, 0.4) is 0 Å². The van der Waals surface area contributed by atoms with Crippen molar-refractivity contribution in [3.05, 3.63) is 12.2 Å². The molecule has 1 rings (SSSR count). The van der Waals surface area contributed by atoms with Gasteiger partial charge >= 0.3 is 7.82 Å². The number of likely N-dealkylation sites (N-methyl/N-ethyl adjacent to an activating group) is 1. The highest BCUT2D eigenvalue weighted by atomic mass is 31.2. The predicted octanol–water partition coefficient (Wildman–Crippen LogP) is 4.12. The highest BCUT2D eigenvalue weighted by molar-refractivity contribution is 7.47. The Kier molecular flexibility index (Phi) is 12.3. The van der Waals surface area contributed by atoms with Crippen molar-refractivity contribution in [3.8, 4) is 0 Å². The Morgan fingerprint density at radius 3 is 2.55 bits per heavy atom. The molecule has 29 heavy (non-hydrogen) atoms. The standard InChI is InChI=1S/C21H41N2O5P/c1-5-6-7-8-9-10-11-12-13-14-21(24)22-16-15-20(19-22)28-29(25,26)27-18-17-23(2,3)4/h12-13,20H,5-11,14-19H2,1-4H3/p+1/b13-12-/t20-/m0/s1. The van der Waals surface area contributed by atoms with E-state index in [4.69, 9.17) is 9.05 Å². The lowest BCUT2D eigenvalue weighted by Crippen LogP contribution is -2.37. The number of carbonyl (C=O) groups is 1. The molecule has 0 bridgehead atoms. The molecule has 1 aliphatic heterocycles. The van der Waals surface area contributed by atoms with E-state index in [1.807, 2.05) is 27.2 Å². The molecule has 2 atom stereocenters. The number of hydrogen-bond acceptors (Lipinski definition) is 4. The molecular formula is C21H42N2O5P+. The molecule has 1 N–H and O–H groups in total. The number of nitrogens with zero attached hydrogens (tertiary/aromatic N) is 2. The van der Waals surface area contributed by atoms with Crippen LogP contribution in [0.15, 0.2) is 12.2 Å². The van der Waals surface area contributed by atoms with Gasteiger partial charge in [0.25, 0.3) is 0 Å². The second-order valence-corrected chi connectivity index (χ2v) is 10.3. The number of likely N-dealkylation sites (tertiary alicyclic amines) is 1. The zero-order valence-corrected chi connectivity index (χ0v) is 19.7. The molecule has 1 heterocycles. The smallest absolute Gasteiger partial charge is 0.340 e. The van der Waals surface area contributed by atoms with Crippen LogP contribution in [0.5, 0.6) is 0 Å². The fraction of sp³-hybridized carbons (Fsp3) is 0.857. The minimum atomic E-state index is -4.09. The SMILES string of the molecule is CCCCCCCC/C=C\CC(=O)N1CC[C@H](OP(=O)(O)OCC[N+](C)(C)C)C1. The van der Waals surface area contributed by atoms with Gasteiger partial charge in [0.2, 0.25) is 5.91 Å². The van der Waals surface area contributed by atoms with Crippen molar-refractivity contribution in [1.29, 1.82) is 0 Å². The largest absolute Gasteiger partial charge is 0.472 e. The fourth-order valence-electron chi connectivity index (χ4n) is 3.16. The van der Waals surface area contributed by atoms with E-state index in [0.29, 0.717) is 37.0 Å². The Bertz CT molecular complexity index is 548. The molecular weight excluding hydrogens is 391 g/mol. The third kappa shape index (κ3) is 13.2. The Balaban J connectivity index is 2.20. The second-order valence-electron chi connectivity index (χ2n) is 8.90. The summed E-state index contributed by atoms with van der Waals surface area (Å²) in [5.41, 5.74) is 0. The highest BCUT2D eigenvalue weighted by Crippen LogP contribution is 2.45. The molecule has 1 fully saturated rings. The average Bonchev–Trinajstić information content (AvgIpc) is 3.06. The lowest BCUT2D eigenvalue weighted by atomic mass is 10.1. The van der Waals surface area contributed by atoms with Crippen LogP contribution in [0.1, 0.15) is 64.7 Å². The summed E-state index contributed by atoms with van der Waals surface area (Å²) in [6.45, 7) is 3.86. The van der Waals surface area contributed by atoms with Gasteiger partial charge in [-0.2, -0.15) is 0 Å². The first-order valence-electron chi connectivity index (χ1n) is 11.0. The Hall–Kier alpha value is -0.720. The van der Waals surface area contributed by atoms with Crippen LogP contribution in [0, 0.1) is 0 Å². The monoisotopic (exact) mass is 433 g/mol. The van der Waals surface area contributed by atoms with Crippen LogP contribution in [0.25, 0.3) is 0 Å². The van der Waals surface area contributed by atoms with Gasteiger partial charge in [0, 0.05) is 19.5 Å². The van der Waals surface area contributed by atoms with E-state index in [1.54, 1.807) is 4.90 Å². The molecule has 0 aromatic heterocycles. The van der Waals surface area contributed by atoms with Crippen molar-refractivity contribution in [2.45, 2.75) is 70.8 Å². The number of rotatable bonds is 15. The number of phosphoric acid groups is 1. The van der Waals surface area contributed by atoms with E-state index < -0.39 is 13.9 Å². The van der Waals surface area contributed by atoms with Crippen molar-refractivity contribution in [1.82, 2.24) is 4.90 Å². The molecule has 0 spiro atoms. The van der Waals surface area contributed by atoms with Gasteiger partial charge in [0.05, 0.1) is 27.2 Å². The first-order valence-corrected chi connectivity index (χ1v) is 12.5. The van der Waals surface area contributed by atoms with E-state index in [1.165, 1.54) is 38.5 Å². The molecule has 1 unspecified atom stereocenters. The summed E-state index contributed by atoms with van der Waals surface area (Å²) in [5.74, 6) is 0.0361. The highest BCUT2D eigenvalue weighted by Gasteiger charge is 2.33. The van der Waals surface area contributed by atoms with Crippen molar-refractivity contribution >= 4 is 13.7 Å². The van der Waals surface area contributed by atoms with Crippen LogP contribution in [-0.4, -0.2) is 73.7 Å². The lowest BCUT2D eigenvalue weighted by Gasteiger charge is -2.24. The fourth-order valence-corrected chi connectivity index (χ4v) is 4.09. The van der Waals surface area contributed by atoms with E-state index in [0.717, 1.165) is 6.42 Å². The first-order chi connectivity index (χ1) is 13.6. The number of unbranched alkanes of at least 4 members (excludes halogenated alkanes) is 6. The number of allylic oxidation sites excluding steroid dienone is 1. The van der Waals surface area contributed by atoms with Crippen LogP contribution in [0.2, 0.25) is 0 Å². The molecule has 0 saturated carbocycles. The number of hydrogen-bond donors (Lipinski definition) is 1. The molecule has 1 aliphatic rings. The normalized spacial score (nSPS) is 19.8. The van der Waals surface area contributed by atoms with Gasteiger partial charge in [-0.25, -0.2) is 4.57 Å². The summed E-state index contributed by atoms with van der Waals surface area (Å²) in [4.78, 5) is 23.9. The first kappa shape index (κ1) is 26.3.